The van der Waals surface area contributed by atoms with Crippen LogP contribution in [0.2, 0.25) is 5.02 Å². The summed E-state index contributed by atoms with van der Waals surface area (Å²) in [6.07, 6.45) is 1.52. The predicted octanol–water partition coefficient (Wildman–Crippen LogP) is 4.29. The first-order valence-electron chi connectivity index (χ1n) is 5.74. The first kappa shape index (κ1) is 14.6. The predicted molar refractivity (Wildman–Crippen MR) is 82.1 cm³/mol. The second-order valence-corrected chi connectivity index (χ2v) is 6.19. The molecule has 2 rings (SSSR count). The second kappa shape index (κ2) is 6.59. The summed E-state index contributed by atoms with van der Waals surface area (Å²) in [5.74, 6) is 0.352. The third-order valence-corrected chi connectivity index (χ3v) is 4.36. The van der Waals surface area contributed by atoms with Gasteiger partial charge in [0, 0.05) is 15.9 Å². The van der Waals surface area contributed by atoms with Gasteiger partial charge in [-0.3, -0.25) is 9.48 Å². The van der Waals surface area contributed by atoms with E-state index in [0.29, 0.717) is 23.0 Å². The zero-order valence-electron chi connectivity index (χ0n) is 10.3. The number of nitrogens with zero attached hydrogens (tertiary/aromatic N) is 2. The van der Waals surface area contributed by atoms with Gasteiger partial charge in [-0.15, -0.1) is 11.8 Å². The Labute approximate surface area is 129 Å². The van der Waals surface area contributed by atoms with Crippen molar-refractivity contribution in [3.8, 4) is 0 Å². The number of hydrogen-bond acceptors (Lipinski definition) is 3. The van der Waals surface area contributed by atoms with Crippen molar-refractivity contribution in [2.45, 2.75) is 18.4 Å². The molecule has 0 aliphatic carbocycles. The highest BCUT2D eigenvalue weighted by atomic mass is 79.9. The zero-order valence-corrected chi connectivity index (χ0v) is 13.4. The first-order chi connectivity index (χ1) is 9.11. The van der Waals surface area contributed by atoms with Gasteiger partial charge >= 0.3 is 0 Å². The van der Waals surface area contributed by atoms with E-state index < -0.39 is 0 Å². The molecule has 0 atom stereocenters. The maximum absolute atomic E-state index is 12.2. The van der Waals surface area contributed by atoms with E-state index in [1.165, 1.54) is 18.0 Å². The third-order valence-electron chi connectivity index (χ3n) is 2.54. The molecule has 1 aromatic heterocycles. The van der Waals surface area contributed by atoms with Crippen molar-refractivity contribution in [2.24, 2.45) is 0 Å². The Morgan fingerprint density at radius 3 is 2.74 bits per heavy atom. The van der Waals surface area contributed by atoms with Gasteiger partial charge in [0.1, 0.15) is 5.69 Å². The summed E-state index contributed by atoms with van der Waals surface area (Å²) in [5.41, 5.74) is 0.494. The number of Topliss-reactive ketones (excluding diaryl/α,β-unsaturated/α-hetero) is 1. The van der Waals surface area contributed by atoms with E-state index in [9.17, 15) is 4.79 Å². The molecule has 19 heavy (non-hydrogen) atoms. The second-order valence-electron chi connectivity index (χ2n) is 3.82. The monoisotopic (exact) mass is 358 g/mol. The Balaban J connectivity index is 2.05. The van der Waals surface area contributed by atoms with E-state index >= 15 is 0 Å². The quantitative estimate of drug-likeness (QED) is 0.590. The smallest absolute Gasteiger partial charge is 0.192 e. The van der Waals surface area contributed by atoms with Gasteiger partial charge in [0.15, 0.2) is 5.78 Å². The van der Waals surface area contributed by atoms with E-state index in [0.717, 1.165) is 9.37 Å². The molecule has 1 aromatic carbocycles. The molecule has 1 heterocycles. The van der Waals surface area contributed by atoms with Crippen LogP contribution >= 0.6 is 39.3 Å². The normalized spacial score (nSPS) is 10.7. The molecule has 2 aromatic rings. The minimum atomic E-state index is -0.00253. The molecule has 0 aliphatic heterocycles. The number of hydrogen-bond donors (Lipinski definition) is 0. The molecule has 0 spiro atoms. The molecule has 0 radical (unpaired) electrons. The first-order valence-corrected chi connectivity index (χ1v) is 7.90. The number of carbonyl (C=O) groups excluding carboxylic acids is 1. The van der Waals surface area contributed by atoms with Gasteiger partial charge in [0.05, 0.1) is 17.0 Å². The van der Waals surface area contributed by atoms with E-state index in [4.69, 9.17) is 11.6 Å². The van der Waals surface area contributed by atoms with Crippen LogP contribution in [0.5, 0.6) is 0 Å². The molecule has 0 saturated carbocycles. The van der Waals surface area contributed by atoms with Crippen LogP contribution in [-0.2, 0) is 6.54 Å². The Bertz CT molecular complexity index is 583. The zero-order chi connectivity index (χ0) is 13.8. The number of aromatic nitrogens is 2. The minimum Gasteiger partial charge on any atom is -0.291 e. The van der Waals surface area contributed by atoms with Crippen molar-refractivity contribution in [1.82, 2.24) is 9.78 Å². The van der Waals surface area contributed by atoms with E-state index in [2.05, 4.69) is 21.0 Å². The molecule has 100 valence electrons. The molecule has 0 fully saturated rings. The number of benzene rings is 1. The molecule has 0 bridgehead atoms. The lowest BCUT2D eigenvalue weighted by Crippen LogP contribution is -2.11. The maximum Gasteiger partial charge on any atom is 0.192 e. The maximum atomic E-state index is 12.2. The van der Waals surface area contributed by atoms with Crippen LogP contribution in [0.25, 0.3) is 0 Å². The standard InChI is InChI=1S/C13H12BrClN2OS/c1-2-17-13(11(15)7-16-17)12(18)8-19-10-5-3-9(14)4-6-10/h3-7H,2,8H2,1H3. The average Bonchev–Trinajstić information content (AvgIpc) is 2.79. The van der Waals surface area contributed by atoms with Gasteiger partial charge in [0.25, 0.3) is 0 Å². The van der Waals surface area contributed by atoms with Crippen LogP contribution in [0.4, 0.5) is 0 Å². The Morgan fingerprint density at radius 2 is 2.11 bits per heavy atom. The van der Waals surface area contributed by atoms with E-state index in [1.54, 1.807) is 4.68 Å². The van der Waals surface area contributed by atoms with Crippen LogP contribution < -0.4 is 0 Å². The number of rotatable bonds is 5. The minimum absolute atomic E-state index is 0.00253. The number of ketones is 1. The Hall–Kier alpha value is -0.780. The molecule has 6 heteroatoms. The van der Waals surface area contributed by atoms with Crippen molar-refractivity contribution in [3.05, 3.63) is 45.7 Å². The van der Waals surface area contributed by atoms with Crippen LogP contribution in [0.3, 0.4) is 0 Å². The van der Waals surface area contributed by atoms with Crippen molar-refractivity contribution in [3.63, 3.8) is 0 Å². The fraction of sp³-hybridized carbons (Fsp3) is 0.231. The number of halogens is 2. The summed E-state index contributed by atoms with van der Waals surface area (Å²) in [5, 5.41) is 4.49. The molecular formula is C13H12BrClN2OS. The summed E-state index contributed by atoms with van der Waals surface area (Å²) >= 11 is 10.9. The van der Waals surface area contributed by atoms with Gasteiger partial charge in [0.2, 0.25) is 0 Å². The van der Waals surface area contributed by atoms with Crippen molar-refractivity contribution in [2.75, 3.05) is 5.75 Å². The largest absolute Gasteiger partial charge is 0.291 e. The summed E-state index contributed by atoms with van der Waals surface area (Å²) in [7, 11) is 0. The number of thioether (sulfide) groups is 1. The van der Waals surface area contributed by atoms with Crippen molar-refractivity contribution < 1.29 is 4.79 Å². The molecule has 0 N–H and O–H groups in total. The Morgan fingerprint density at radius 1 is 1.42 bits per heavy atom. The highest BCUT2D eigenvalue weighted by Gasteiger charge is 2.16. The summed E-state index contributed by atoms with van der Waals surface area (Å²) in [4.78, 5) is 13.2. The van der Waals surface area contributed by atoms with Crippen LogP contribution in [-0.4, -0.2) is 21.3 Å². The van der Waals surface area contributed by atoms with Crippen molar-refractivity contribution >= 4 is 45.1 Å². The van der Waals surface area contributed by atoms with Gasteiger partial charge in [-0.1, -0.05) is 27.5 Å². The van der Waals surface area contributed by atoms with Gasteiger partial charge < -0.3 is 0 Å². The van der Waals surface area contributed by atoms with E-state index in [1.807, 2.05) is 31.2 Å². The molecule has 0 unspecified atom stereocenters. The van der Waals surface area contributed by atoms with Gasteiger partial charge in [-0.25, -0.2) is 0 Å². The summed E-state index contributed by atoms with van der Waals surface area (Å²) in [6.45, 7) is 2.57. The summed E-state index contributed by atoms with van der Waals surface area (Å²) in [6, 6.07) is 7.85. The van der Waals surface area contributed by atoms with Gasteiger partial charge in [-0.2, -0.15) is 5.10 Å². The third kappa shape index (κ3) is 3.61. The molecule has 0 amide bonds. The lowest BCUT2D eigenvalue weighted by molar-refractivity contribution is 0.101. The summed E-state index contributed by atoms with van der Waals surface area (Å²) < 4.78 is 2.66. The molecule has 3 nitrogen and oxygen atoms in total. The highest BCUT2D eigenvalue weighted by Crippen LogP contribution is 2.23. The lowest BCUT2D eigenvalue weighted by atomic mass is 10.3. The van der Waals surface area contributed by atoms with Crippen molar-refractivity contribution in [1.29, 1.82) is 0 Å². The van der Waals surface area contributed by atoms with Crippen LogP contribution in [0.1, 0.15) is 17.4 Å². The SMILES string of the molecule is CCn1ncc(Cl)c1C(=O)CSc1ccc(Br)cc1. The Kier molecular flexibility index (Phi) is 5.07. The van der Waals surface area contributed by atoms with Crippen LogP contribution in [0.15, 0.2) is 39.8 Å². The number of carbonyl (C=O) groups is 1. The average molecular weight is 360 g/mol. The number of aryl methyl sites for hydroxylation is 1. The fourth-order valence-electron chi connectivity index (χ4n) is 1.63. The van der Waals surface area contributed by atoms with Gasteiger partial charge in [-0.05, 0) is 31.2 Å². The molecular weight excluding hydrogens is 348 g/mol. The molecule has 0 aliphatic rings. The highest BCUT2D eigenvalue weighted by molar-refractivity contribution is 9.10. The lowest BCUT2D eigenvalue weighted by Gasteiger charge is -2.05. The molecule has 0 saturated heterocycles. The van der Waals surface area contributed by atoms with Crippen LogP contribution in [0, 0.1) is 0 Å². The topological polar surface area (TPSA) is 34.9 Å². The fourth-order valence-corrected chi connectivity index (χ4v) is 2.90. The van der Waals surface area contributed by atoms with E-state index in [-0.39, 0.29) is 5.78 Å².